The number of phenols is 1. The van der Waals surface area contributed by atoms with E-state index in [1.54, 1.807) is 13.2 Å². The average Bonchev–Trinajstić information content (AvgIpc) is 2.44. The normalized spacial score (nSPS) is 12.2. The van der Waals surface area contributed by atoms with E-state index in [-0.39, 0.29) is 11.8 Å². The van der Waals surface area contributed by atoms with Crippen molar-refractivity contribution in [2.45, 2.75) is 19.5 Å². The van der Waals surface area contributed by atoms with Crippen LogP contribution in [0.25, 0.3) is 0 Å². The first kappa shape index (κ1) is 14.3. The smallest absolute Gasteiger partial charge is 0.127 e. The Morgan fingerprint density at radius 2 is 2.05 bits per heavy atom. The third-order valence-electron chi connectivity index (χ3n) is 3.15. The SMILES string of the molecule is COc1cccc([C@H](C)NCc2cc(O)cc(F)c2)c1. The largest absolute Gasteiger partial charge is 0.508 e. The van der Waals surface area contributed by atoms with E-state index < -0.39 is 5.82 Å². The van der Waals surface area contributed by atoms with Crippen LogP contribution in [0.3, 0.4) is 0 Å². The molecule has 2 rings (SSSR count). The molecule has 0 radical (unpaired) electrons. The first-order valence-electron chi connectivity index (χ1n) is 6.44. The Hall–Kier alpha value is -2.07. The summed E-state index contributed by atoms with van der Waals surface area (Å²) in [5, 5.41) is 12.6. The maximum absolute atomic E-state index is 13.2. The van der Waals surface area contributed by atoms with Crippen LogP contribution in [-0.2, 0) is 6.54 Å². The molecule has 0 aliphatic rings. The zero-order valence-electron chi connectivity index (χ0n) is 11.6. The molecule has 2 aromatic carbocycles. The molecule has 0 fully saturated rings. The van der Waals surface area contributed by atoms with Gasteiger partial charge in [0.2, 0.25) is 0 Å². The molecule has 0 amide bonds. The van der Waals surface area contributed by atoms with Crippen LogP contribution in [0, 0.1) is 5.82 Å². The van der Waals surface area contributed by atoms with Gasteiger partial charge in [0, 0.05) is 18.7 Å². The van der Waals surface area contributed by atoms with Crippen molar-refractivity contribution in [1.29, 1.82) is 0 Å². The molecule has 0 spiro atoms. The monoisotopic (exact) mass is 275 g/mol. The third-order valence-corrected chi connectivity index (χ3v) is 3.15. The molecule has 3 nitrogen and oxygen atoms in total. The molecule has 2 aromatic rings. The van der Waals surface area contributed by atoms with Crippen LogP contribution in [0.4, 0.5) is 4.39 Å². The van der Waals surface area contributed by atoms with Gasteiger partial charge in [-0.25, -0.2) is 4.39 Å². The maximum atomic E-state index is 13.2. The third kappa shape index (κ3) is 3.71. The molecule has 0 aromatic heterocycles. The lowest BCUT2D eigenvalue weighted by Crippen LogP contribution is -2.18. The molecule has 0 aliphatic carbocycles. The highest BCUT2D eigenvalue weighted by Gasteiger charge is 2.07. The molecule has 0 saturated carbocycles. The maximum Gasteiger partial charge on any atom is 0.127 e. The molecule has 1 atom stereocenters. The summed E-state index contributed by atoms with van der Waals surface area (Å²) in [5.41, 5.74) is 1.79. The Kier molecular flexibility index (Phi) is 4.58. The van der Waals surface area contributed by atoms with Crippen molar-refractivity contribution in [3.63, 3.8) is 0 Å². The highest BCUT2D eigenvalue weighted by atomic mass is 19.1. The van der Waals surface area contributed by atoms with Crippen LogP contribution < -0.4 is 10.1 Å². The van der Waals surface area contributed by atoms with Gasteiger partial charge in [-0.3, -0.25) is 0 Å². The zero-order chi connectivity index (χ0) is 14.5. The fourth-order valence-electron chi connectivity index (χ4n) is 2.04. The van der Waals surface area contributed by atoms with Gasteiger partial charge in [0.25, 0.3) is 0 Å². The number of aromatic hydroxyl groups is 1. The van der Waals surface area contributed by atoms with E-state index in [1.165, 1.54) is 6.07 Å². The van der Waals surface area contributed by atoms with Crippen LogP contribution >= 0.6 is 0 Å². The van der Waals surface area contributed by atoms with Crippen molar-refractivity contribution < 1.29 is 14.2 Å². The molecule has 106 valence electrons. The lowest BCUT2D eigenvalue weighted by atomic mass is 10.1. The van der Waals surface area contributed by atoms with Gasteiger partial charge in [-0.15, -0.1) is 0 Å². The average molecular weight is 275 g/mol. The number of nitrogens with one attached hydrogen (secondary N) is 1. The molecule has 0 bridgehead atoms. The van der Waals surface area contributed by atoms with Crippen LogP contribution in [0.15, 0.2) is 42.5 Å². The Morgan fingerprint density at radius 1 is 1.25 bits per heavy atom. The van der Waals surface area contributed by atoms with E-state index >= 15 is 0 Å². The Labute approximate surface area is 118 Å². The van der Waals surface area contributed by atoms with E-state index in [9.17, 15) is 9.50 Å². The molecule has 20 heavy (non-hydrogen) atoms. The van der Waals surface area contributed by atoms with Crippen LogP contribution in [0.1, 0.15) is 24.1 Å². The first-order valence-corrected chi connectivity index (χ1v) is 6.44. The summed E-state index contributed by atoms with van der Waals surface area (Å²) in [5.74, 6) is 0.311. The van der Waals surface area contributed by atoms with Gasteiger partial charge in [0.1, 0.15) is 17.3 Å². The number of benzene rings is 2. The molecule has 0 heterocycles. The van der Waals surface area contributed by atoms with Crippen LogP contribution in [0.5, 0.6) is 11.5 Å². The van der Waals surface area contributed by atoms with Crippen LogP contribution in [-0.4, -0.2) is 12.2 Å². The zero-order valence-corrected chi connectivity index (χ0v) is 11.6. The van der Waals surface area contributed by atoms with Gasteiger partial charge < -0.3 is 15.2 Å². The molecule has 0 saturated heterocycles. The highest BCUT2D eigenvalue weighted by molar-refractivity contribution is 5.31. The van der Waals surface area contributed by atoms with Gasteiger partial charge in [-0.1, -0.05) is 12.1 Å². The van der Waals surface area contributed by atoms with Gasteiger partial charge >= 0.3 is 0 Å². The molecular formula is C16H18FNO2. The van der Waals surface area contributed by atoms with Gasteiger partial charge in [0.05, 0.1) is 7.11 Å². The van der Waals surface area contributed by atoms with Crippen molar-refractivity contribution in [3.05, 3.63) is 59.4 Å². The van der Waals surface area contributed by atoms with Gasteiger partial charge in [-0.2, -0.15) is 0 Å². The molecule has 0 unspecified atom stereocenters. The van der Waals surface area contributed by atoms with E-state index in [4.69, 9.17) is 4.74 Å². The second-order valence-electron chi connectivity index (χ2n) is 4.70. The van der Waals surface area contributed by atoms with Crippen molar-refractivity contribution in [2.24, 2.45) is 0 Å². The number of methoxy groups -OCH3 is 1. The van der Waals surface area contributed by atoms with Crippen LogP contribution in [0.2, 0.25) is 0 Å². The van der Waals surface area contributed by atoms with E-state index in [2.05, 4.69) is 5.32 Å². The minimum absolute atomic E-state index is 0.0594. The fourth-order valence-corrected chi connectivity index (χ4v) is 2.04. The predicted molar refractivity (Wildman–Crippen MR) is 76.3 cm³/mol. The first-order chi connectivity index (χ1) is 9.58. The second-order valence-corrected chi connectivity index (χ2v) is 4.70. The second kappa shape index (κ2) is 6.39. The van der Waals surface area contributed by atoms with Crippen molar-refractivity contribution in [2.75, 3.05) is 7.11 Å². The number of ether oxygens (including phenoxy) is 1. The van der Waals surface area contributed by atoms with E-state index in [0.717, 1.165) is 17.4 Å². The standard InChI is InChI=1S/C16H18FNO2/c1-11(13-4-3-5-16(8-13)20-2)18-10-12-6-14(17)9-15(19)7-12/h3-9,11,18-19H,10H2,1-2H3/t11-/m0/s1. The summed E-state index contributed by atoms with van der Waals surface area (Å²) < 4.78 is 18.4. The lowest BCUT2D eigenvalue weighted by molar-refractivity contribution is 0.413. The number of hydrogen-bond donors (Lipinski definition) is 2. The summed E-state index contributed by atoms with van der Waals surface area (Å²) in [6.07, 6.45) is 0. The predicted octanol–water partition coefficient (Wildman–Crippen LogP) is 3.39. The summed E-state index contributed by atoms with van der Waals surface area (Å²) in [7, 11) is 1.63. The van der Waals surface area contributed by atoms with Crippen molar-refractivity contribution in [3.8, 4) is 11.5 Å². The molecule has 4 heteroatoms. The summed E-state index contributed by atoms with van der Waals surface area (Å²) in [4.78, 5) is 0. The van der Waals surface area contributed by atoms with Crippen molar-refractivity contribution >= 4 is 0 Å². The number of halogens is 1. The van der Waals surface area contributed by atoms with E-state index in [0.29, 0.717) is 12.1 Å². The highest BCUT2D eigenvalue weighted by Crippen LogP contribution is 2.20. The Morgan fingerprint density at radius 3 is 2.75 bits per heavy atom. The molecule has 2 N–H and O–H groups in total. The minimum Gasteiger partial charge on any atom is -0.508 e. The van der Waals surface area contributed by atoms with Gasteiger partial charge in [0.15, 0.2) is 0 Å². The summed E-state index contributed by atoms with van der Waals surface area (Å²) in [6, 6.07) is 11.9. The lowest BCUT2D eigenvalue weighted by Gasteiger charge is -2.15. The number of rotatable bonds is 5. The number of phenolic OH excluding ortho intramolecular Hbond substituents is 1. The van der Waals surface area contributed by atoms with Crippen molar-refractivity contribution in [1.82, 2.24) is 5.32 Å². The van der Waals surface area contributed by atoms with E-state index in [1.807, 2.05) is 31.2 Å². The summed E-state index contributed by atoms with van der Waals surface area (Å²) >= 11 is 0. The topological polar surface area (TPSA) is 41.5 Å². The summed E-state index contributed by atoms with van der Waals surface area (Å²) in [6.45, 7) is 2.50. The molecule has 0 aliphatic heterocycles. The Balaban J connectivity index is 2.02. The van der Waals surface area contributed by atoms with Gasteiger partial charge in [-0.05, 0) is 42.3 Å². The quantitative estimate of drug-likeness (QED) is 0.879. The minimum atomic E-state index is -0.434. The fraction of sp³-hybridized carbons (Fsp3) is 0.250. The Bertz CT molecular complexity index is 566. The molecular weight excluding hydrogens is 257 g/mol. The number of hydrogen-bond acceptors (Lipinski definition) is 3.